The van der Waals surface area contributed by atoms with Gasteiger partial charge in [-0.1, -0.05) is 27.5 Å². The molecule has 1 atom stereocenters. The standard InChI is InChI=1S/C11H8BrClINS/c12-8-2-1-6(14)5-7(8)11(15)9-3-4-10(13)16-9/h1-5,11H,15H2. The Balaban J connectivity index is 2.40. The van der Waals surface area contributed by atoms with Gasteiger partial charge in [0.2, 0.25) is 0 Å². The van der Waals surface area contributed by atoms with Gasteiger partial charge >= 0.3 is 0 Å². The van der Waals surface area contributed by atoms with E-state index in [4.69, 9.17) is 17.3 Å². The lowest BCUT2D eigenvalue weighted by Crippen LogP contribution is -2.11. The SMILES string of the molecule is NC(c1ccc(Cl)s1)c1cc(I)ccc1Br. The van der Waals surface area contributed by atoms with Gasteiger partial charge in [-0.05, 0) is 58.5 Å². The van der Waals surface area contributed by atoms with E-state index in [9.17, 15) is 0 Å². The van der Waals surface area contributed by atoms with E-state index in [2.05, 4.69) is 44.6 Å². The van der Waals surface area contributed by atoms with E-state index in [1.165, 1.54) is 14.9 Å². The fourth-order valence-corrected chi connectivity index (χ4v) is 3.49. The molecule has 84 valence electrons. The second-order valence-corrected chi connectivity index (χ2v) is 7.13. The summed E-state index contributed by atoms with van der Waals surface area (Å²) in [4.78, 5) is 1.08. The molecule has 2 rings (SSSR count). The fourth-order valence-electron chi connectivity index (χ4n) is 1.40. The summed E-state index contributed by atoms with van der Waals surface area (Å²) in [5, 5.41) is 0. The molecule has 1 aromatic carbocycles. The van der Waals surface area contributed by atoms with Crippen molar-refractivity contribution >= 4 is 61.5 Å². The van der Waals surface area contributed by atoms with Gasteiger partial charge in [0.1, 0.15) is 0 Å². The third-order valence-electron chi connectivity index (χ3n) is 2.19. The van der Waals surface area contributed by atoms with Gasteiger partial charge in [-0.15, -0.1) is 11.3 Å². The minimum absolute atomic E-state index is 0.124. The highest BCUT2D eigenvalue weighted by atomic mass is 127. The molecule has 0 bridgehead atoms. The summed E-state index contributed by atoms with van der Waals surface area (Å²) < 4.78 is 2.98. The van der Waals surface area contributed by atoms with Gasteiger partial charge < -0.3 is 5.73 Å². The lowest BCUT2D eigenvalue weighted by Gasteiger charge is -2.12. The van der Waals surface area contributed by atoms with Gasteiger partial charge in [0.05, 0.1) is 10.4 Å². The molecule has 0 saturated heterocycles. The van der Waals surface area contributed by atoms with E-state index in [1.807, 2.05) is 24.3 Å². The summed E-state index contributed by atoms with van der Waals surface area (Å²) in [5.74, 6) is 0. The van der Waals surface area contributed by atoms with Crippen molar-refractivity contribution in [3.8, 4) is 0 Å². The van der Waals surface area contributed by atoms with Gasteiger partial charge in [-0.3, -0.25) is 0 Å². The molecule has 16 heavy (non-hydrogen) atoms. The van der Waals surface area contributed by atoms with Gasteiger partial charge in [-0.2, -0.15) is 0 Å². The molecule has 0 aliphatic rings. The van der Waals surface area contributed by atoms with Crippen LogP contribution in [-0.2, 0) is 0 Å². The highest BCUT2D eigenvalue weighted by molar-refractivity contribution is 14.1. The van der Waals surface area contributed by atoms with Gasteiger partial charge in [-0.25, -0.2) is 0 Å². The van der Waals surface area contributed by atoms with Crippen molar-refractivity contribution in [2.24, 2.45) is 5.73 Å². The van der Waals surface area contributed by atoms with Crippen LogP contribution in [0, 0.1) is 3.57 Å². The molecule has 0 radical (unpaired) electrons. The van der Waals surface area contributed by atoms with Crippen LogP contribution in [0.1, 0.15) is 16.5 Å². The Hall–Kier alpha value is 0.380. The van der Waals surface area contributed by atoms with E-state index in [0.29, 0.717) is 0 Å². The van der Waals surface area contributed by atoms with Crippen molar-refractivity contribution in [1.29, 1.82) is 0 Å². The Morgan fingerprint density at radius 3 is 2.69 bits per heavy atom. The highest BCUT2D eigenvalue weighted by Gasteiger charge is 2.14. The third-order valence-corrected chi connectivity index (χ3v) is 4.90. The molecule has 0 aliphatic carbocycles. The smallest absolute Gasteiger partial charge is 0.0931 e. The molecule has 2 N–H and O–H groups in total. The average molecular weight is 429 g/mol. The van der Waals surface area contributed by atoms with Crippen LogP contribution >= 0.6 is 61.5 Å². The minimum Gasteiger partial charge on any atom is -0.320 e. The first-order valence-electron chi connectivity index (χ1n) is 4.53. The second kappa shape index (κ2) is 5.35. The molecule has 5 heteroatoms. The third kappa shape index (κ3) is 2.79. The van der Waals surface area contributed by atoms with Crippen molar-refractivity contribution in [3.63, 3.8) is 0 Å². The van der Waals surface area contributed by atoms with E-state index in [1.54, 1.807) is 0 Å². The molecule has 1 aromatic heterocycles. The van der Waals surface area contributed by atoms with Crippen LogP contribution in [0.25, 0.3) is 0 Å². The van der Waals surface area contributed by atoms with Crippen LogP contribution in [0.4, 0.5) is 0 Å². The van der Waals surface area contributed by atoms with E-state index in [-0.39, 0.29) is 6.04 Å². The van der Waals surface area contributed by atoms with E-state index >= 15 is 0 Å². The number of nitrogens with two attached hydrogens (primary N) is 1. The first-order chi connectivity index (χ1) is 7.58. The molecule has 1 unspecified atom stereocenters. The number of rotatable bonds is 2. The summed E-state index contributed by atoms with van der Waals surface area (Å²) in [6.45, 7) is 0. The number of hydrogen-bond acceptors (Lipinski definition) is 2. The zero-order valence-electron chi connectivity index (χ0n) is 8.08. The second-order valence-electron chi connectivity index (χ2n) is 3.29. The van der Waals surface area contributed by atoms with Crippen LogP contribution in [0.15, 0.2) is 34.8 Å². The van der Waals surface area contributed by atoms with Crippen molar-refractivity contribution < 1.29 is 0 Å². The Bertz CT molecular complexity index is 514. The molecule has 2 aromatic rings. The lowest BCUT2D eigenvalue weighted by atomic mass is 10.1. The molecule has 1 heterocycles. The topological polar surface area (TPSA) is 26.0 Å². The lowest BCUT2D eigenvalue weighted by molar-refractivity contribution is 0.886. The Morgan fingerprint density at radius 1 is 1.31 bits per heavy atom. The zero-order chi connectivity index (χ0) is 11.7. The maximum atomic E-state index is 6.22. The van der Waals surface area contributed by atoms with Crippen molar-refractivity contribution in [1.82, 2.24) is 0 Å². The maximum absolute atomic E-state index is 6.22. The first-order valence-corrected chi connectivity index (χ1v) is 7.60. The normalized spacial score (nSPS) is 12.8. The van der Waals surface area contributed by atoms with Crippen LogP contribution in [0.3, 0.4) is 0 Å². The monoisotopic (exact) mass is 427 g/mol. The number of thiophene rings is 1. The number of benzene rings is 1. The molecule has 0 saturated carbocycles. The summed E-state index contributed by atoms with van der Waals surface area (Å²) in [7, 11) is 0. The molecule has 0 fully saturated rings. The minimum atomic E-state index is -0.124. The van der Waals surface area contributed by atoms with Gasteiger partial charge in [0, 0.05) is 12.9 Å². The largest absolute Gasteiger partial charge is 0.320 e. The van der Waals surface area contributed by atoms with Gasteiger partial charge in [0.15, 0.2) is 0 Å². The average Bonchev–Trinajstić information content (AvgIpc) is 2.67. The van der Waals surface area contributed by atoms with Crippen molar-refractivity contribution in [3.05, 3.63) is 53.2 Å². The first kappa shape index (κ1) is 12.8. The van der Waals surface area contributed by atoms with Gasteiger partial charge in [0.25, 0.3) is 0 Å². The van der Waals surface area contributed by atoms with Crippen molar-refractivity contribution in [2.75, 3.05) is 0 Å². The van der Waals surface area contributed by atoms with E-state index in [0.717, 1.165) is 19.2 Å². The molecule has 1 nitrogen and oxygen atoms in total. The molecular formula is C11H8BrClINS. The Kier molecular flexibility index (Phi) is 4.29. The quantitative estimate of drug-likeness (QED) is 0.682. The highest BCUT2D eigenvalue weighted by Crippen LogP contribution is 2.33. The van der Waals surface area contributed by atoms with Crippen LogP contribution in [-0.4, -0.2) is 0 Å². The predicted molar refractivity (Wildman–Crippen MR) is 82.2 cm³/mol. The summed E-state index contributed by atoms with van der Waals surface area (Å²) in [6.07, 6.45) is 0. The number of hydrogen-bond donors (Lipinski definition) is 1. The Morgan fingerprint density at radius 2 is 2.06 bits per heavy atom. The van der Waals surface area contributed by atoms with E-state index < -0.39 is 0 Å². The zero-order valence-corrected chi connectivity index (χ0v) is 13.4. The predicted octanol–water partition coefficient (Wildman–Crippen LogP) is 4.82. The maximum Gasteiger partial charge on any atom is 0.0931 e. The molecular weight excluding hydrogens is 420 g/mol. The van der Waals surface area contributed by atoms with Crippen LogP contribution < -0.4 is 5.73 Å². The molecule has 0 spiro atoms. The summed E-state index contributed by atoms with van der Waals surface area (Å²) >= 11 is 13.2. The fraction of sp³-hybridized carbons (Fsp3) is 0.0909. The van der Waals surface area contributed by atoms with Crippen LogP contribution in [0.2, 0.25) is 4.34 Å². The summed E-state index contributed by atoms with van der Waals surface area (Å²) in [5.41, 5.74) is 7.31. The van der Waals surface area contributed by atoms with Crippen molar-refractivity contribution in [2.45, 2.75) is 6.04 Å². The number of halogens is 3. The molecule has 0 amide bonds. The van der Waals surface area contributed by atoms with Crippen LogP contribution in [0.5, 0.6) is 0 Å². The molecule has 0 aliphatic heterocycles. The Labute approximate surface area is 125 Å². The summed E-state index contributed by atoms with van der Waals surface area (Å²) in [6, 6.07) is 9.88.